The Morgan fingerprint density at radius 3 is 2.30 bits per heavy atom. The summed E-state index contributed by atoms with van der Waals surface area (Å²) in [5.41, 5.74) is 2.04. The molecule has 2 aromatic carbocycles. The van der Waals surface area contributed by atoms with Crippen molar-refractivity contribution in [2.24, 2.45) is 4.99 Å². The number of benzene rings is 2. The maximum Gasteiger partial charge on any atom is 0.326 e. The third kappa shape index (κ3) is 5.69. The van der Waals surface area contributed by atoms with Gasteiger partial charge in [-0.3, -0.25) is 9.59 Å². The molecule has 0 fully saturated rings. The van der Waals surface area contributed by atoms with Crippen molar-refractivity contribution < 1.29 is 22.7 Å². The molecule has 3 aromatic rings. The Bertz CT molecular complexity index is 1330. The van der Waals surface area contributed by atoms with E-state index >= 15 is 0 Å². The van der Waals surface area contributed by atoms with Gasteiger partial charge in [0.15, 0.2) is 14.6 Å². The largest absolute Gasteiger partial charge is 0.465 e. The van der Waals surface area contributed by atoms with Gasteiger partial charge < -0.3 is 14.2 Å². The number of fused-ring (bicyclic) bond motifs is 1. The zero-order chi connectivity index (χ0) is 24.2. The minimum Gasteiger partial charge on any atom is -0.465 e. The molecule has 1 heterocycles. The quantitative estimate of drug-likeness (QED) is 0.451. The lowest BCUT2D eigenvalue weighted by molar-refractivity contribution is -0.143. The van der Waals surface area contributed by atoms with Gasteiger partial charge in [0.25, 0.3) is 5.91 Å². The van der Waals surface area contributed by atoms with E-state index in [1.807, 2.05) is 12.1 Å². The summed E-state index contributed by atoms with van der Waals surface area (Å²) in [5, 5.41) is 0. The third-order valence-electron chi connectivity index (χ3n) is 5.11. The third-order valence-corrected chi connectivity index (χ3v) is 7.27. The van der Waals surface area contributed by atoms with E-state index in [0.29, 0.717) is 20.6 Å². The lowest BCUT2D eigenvalue weighted by atomic mass is 10.2. The highest BCUT2D eigenvalue weighted by atomic mass is 32.2. The van der Waals surface area contributed by atoms with E-state index in [9.17, 15) is 18.0 Å². The van der Waals surface area contributed by atoms with Gasteiger partial charge in [-0.1, -0.05) is 11.3 Å². The predicted octanol–water partition coefficient (Wildman–Crippen LogP) is 3.26. The Balaban J connectivity index is 2.07. The van der Waals surface area contributed by atoms with Crippen LogP contribution < -0.4 is 9.70 Å². The van der Waals surface area contributed by atoms with Crippen LogP contribution in [0, 0.1) is 0 Å². The van der Waals surface area contributed by atoms with Crippen LogP contribution in [0.2, 0.25) is 0 Å². The van der Waals surface area contributed by atoms with Crippen LogP contribution in [0.3, 0.4) is 0 Å². The van der Waals surface area contributed by atoms with Gasteiger partial charge in [0.1, 0.15) is 6.54 Å². The number of amides is 1. The van der Waals surface area contributed by atoms with E-state index in [4.69, 9.17) is 4.74 Å². The molecule has 33 heavy (non-hydrogen) atoms. The first-order valence-corrected chi connectivity index (χ1v) is 13.3. The molecule has 0 unspecified atom stereocenters. The van der Waals surface area contributed by atoms with Crippen molar-refractivity contribution in [3.63, 3.8) is 0 Å². The maximum atomic E-state index is 12.9. The van der Waals surface area contributed by atoms with Crippen molar-refractivity contribution in [2.75, 3.05) is 30.9 Å². The first kappa shape index (κ1) is 24.7. The smallest absolute Gasteiger partial charge is 0.326 e. The lowest BCUT2D eigenvalue weighted by Gasteiger charge is -2.20. The topological polar surface area (TPSA) is 98.0 Å². The van der Waals surface area contributed by atoms with Crippen LogP contribution in [0.4, 0.5) is 5.69 Å². The number of thiazole rings is 1. The molecule has 0 bridgehead atoms. The Morgan fingerprint density at radius 2 is 1.73 bits per heavy atom. The first-order chi connectivity index (χ1) is 15.7. The normalized spacial score (nSPS) is 12.2. The monoisotopic (exact) mass is 489 g/mol. The van der Waals surface area contributed by atoms with E-state index < -0.39 is 21.7 Å². The van der Waals surface area contributed by atoms with E-state index in [0.717, 1.165) is 36.4 Å². The summed E-state index contributed by atoms with van der Waals surface area (Å²) in [6, 6.07) is 11.8. The lowest BCUT2D eigenvalue weighted by Crippen LogP contribution is -2.23. The summed E-state index contributed by atoms with van der Waals surface area (Å²) in [7, 11) is -3.41. The fraction of sp³-hybridized carbons (Fsp3) is 0.348. The van der Waals surface area contributed by atoms with Crippen LogP contribution in [0.5, 0.6) is 0 Å². The Labute approximate surface area is 197 Å². The fourth-order valence-corrected chi connectivity index (χ4v) is 5.20. The number of nitrogens with zero attached hydrogens (tertiary/aromatic N) is 3. The average molecular weight is 490 g/mol. The molecule has 1 amide bonds. The van der Waals surface area contributed by atoms with Crippen molar-refractivity contribution in [1.29, 1.82) is 0 Å². The highest BCUT2D eigenvalue weighted by Crippen LogP contribution is 2.22. The van der Waals surface area contributed by atoms with Crippen LogP contribution in [0.1, 0.15) is 31.1 Å². The molecule has 0 aliphatic carbocycles. The van der Waals surface area contributed by atoms with Gasteiger partial charge in [-0.25, -0.2) is 8.42 Å². The molecule has 0 radical (unpaired) electrons. The summed E-state index contributed by atoms with van der Waals surface area (Å²) in [5.74, 6) is -0.921. The number of hydrogen-bond acceptors (Lipinski definition) is 7. The van der Waals surface area contributed by atoms with Gasteiger partial charge in [0, 0.05) is 30.6 Å². The van der Waals surface area contributed by atoms with Crippen LogP contribution in [0.25, 0.3) is 10.2 Å². The summed E-state index contributed by atoms with van der Waals surface area (Å²) in [4.78, 5) is 32.0. The molecule has 0 aliphatic heterocycles. The molecule has 1 aromatic heterocycles. The molecular weight excluding hydrogens is 462 g/mol. The van der Waals surface area contributed by atoms with Crippen LogP contribution in [0.15, 0.2) is 52.4 Å². The summed E-state index contributed by atoms with van der Waals surface area (Å²) < 4.78 is 31.2. The molecule has 0 N–H and O–H groups in total. The first-order valence-electron chi connectivity index (χ1n) is 10.6. The van der Waals surface area contributed by atoms with Crippen LogP contribution in [-0.4, -0.2) is 50.8 Å². The van der Waals surface area contributed by atoms with Crippen molar-refractivity contribution in [3.8, 4) is 0 Å². The van der Waals surface area contributed by atoms with Gasteiger partial charge in [0.05, 0.1) is 21.7 Å². The second kappa shape index (κ2) is 10.3. The number of anilines is 1. The summed E-state index contributed by atoms with van der Waals surface area (Å²) in [6.45, 7) is 7.65. The Kier molecular flexibility index (Phi) is 7.70. The summed E-state index contributed by atoms with van der Waals surface area (Å²) in [6.07, 6.45) is 1.13. The Hall–Kier alpha value is -2.98. The number of rotatable bonds is 8. The van der Waals surface area contributed by atoms with Gasteiger partial charge >= 0.3 is 5.97 Å². The number of carbonyl (C=O) groups excluding carboxylic acids is 2. The molecular formula is C23H27N3O5S2. The minimum absolute atomic E-state index is 0.140. The van der Waals surface area contributed by atoms with E-state index in [-0.39, 0.29) is 18.0 Å². The van der Waals surface area contributed by atoms with E-state index in [1.165, 1.54) is 12.1 Å². The molecule has 0 saturated heterocycles. The zero-order valence-electron chi connectivity index (χ0n) is 19.1. The fourth-order valence-electron chi connectivity index (χ4n) is 3.41. The van der Waals surface area contributed by atoms with Gasteiger partial charge in [0.2, 0.25) is 0 Å². The second-order valence-electron chi connectivity index (χ2n) is 7.31. The van der Waals surface area contributed by atoms with Crippen LogP contribution >= 0.6 is 11.3 Å². The number of sulfone groups is 1. The minimum atomic E-state index is -3.41. The molecule has 0 atom stereocenters. The predicted molar refractivity (Wildman–Crippen MR) is 129 cm³/mol. The summed E-state index contributed by atoms with van der Waals surface area (Å²) >= 11 is 1.15. The molecule has 0 aliphatic rings. The number of aromatic nitrogens is 1. The molecule has 10 heteroatoms. The van der Waals surface area contributed by atoms with Crippen molar-refractivity contribution >= 4 is 49.0 Å². The van der Waals surface area contributed by atoms with Crippen molar-refractivity contribution in [2.45, 2.75) is 32.2 Å². The average Bonchev–Trinajstić information content (AvgIpc) is 3.10. The maximum absolute atomic E-state index is 12.9. The highest BCUT2D eigenvalue weighted by molar-refractivity contribution is 7.90. The van der Waals surface area contributed by atoms with Crippen molar-refractivity contribution in [1.82, 2.24) is 4.57 Å². The standard InChI is InChI=1S/C23H27N3O5S2/c1-5-25(6-2)17-10-8-16(9-11-17)22(28)24-23-26(15-21(27)31-7-3)19-13-12-18(33(4,29)30)14-20(19)32-23/h8-14H,5-7,15H2,1-4H3. The van der Waals surface area contributed by atoms with Gasteiger partial charge in [-0.15, -0.1) is 0 Å². The highest BCUT2D eigenvalue weighted by Gasteiger charge is 2.16. The van der Waals surface area contributed by atoms with Gasteiger partial charge in [-0.05, 0) is 63.2 Å². The zero-order valence-corrected chi connectivity index (χ0v) is 20.7. The van der Waals surface area contributed by atoms with E-state index in [2.05, 4.69) is 23.7 Å². The molecule has 0 spiro atoms. The molecule has 3 rings (SSSR count). The van der Waals surface area contributed by atoms with Gasteiger partial charge in [-0.2, -0.15) is 4.99 Å². The SMILES string of the molecule is CCOC(=O)Cn1c(=NC(=O)c2ccc(N(CC)CC)cc2)sc2cc(S(C)(=O)=O)ccc21. The van der Waals surface area contributed by atoms with E-state index in [1.54, 1.807) is 29.7 Å². The van der Waals surface area contributed by atoms with Crippen molar-refractivity contribution in [3.05, 3.63) is 52.8 Å². The molecule has 8 nitrogen and oxygen atoms in total. The Morgan fingerprint density at radius 1 is 1.06 bits per heavy atom. The molecule has 176 valence electrons. The number of esters is 1. The molecule has 0 saturated carbocycles. The number of carbonyl (C=O) groups is 2. The van der Waals surface area contributed by atoms with Crippen LogP contribution in [-0.2, 0) is 25.9 Å². The number of ether oxygens (including phenoxy) is 1. The second-order valence-corrected chi connectivity index (χ2v) is 10.3. The number of hydrogen-bond donors (Lipinski definition) is 0.